The standard InChI is InChI=1S/C13H28O5Si/c1-7-15-12(14)13(5,6)11-19(16-8-2,17-9-3)18-10-4/h7-11H2,1-6H3. The quantitative estimate of drug-likeness (QED) is 0.457. The first-order valence-electron chi connectivity index (χ1n) is 6.96. The van der Waals surface area contributed by atoms with E-state index in [0.717, 1.165) is 0 Å². The van der Waals surface area contributed by atoms with Crippen molar-refractivity contribution in [1.29, 1.82) is 0 Å². The maximum Gasteiger partial charge on any atom is 0.502 e. The molecule has 0 N–H and O–H groups in total. The Morgan fingerprint density at radius 1 is 0.895 bits per heavy atom. The fourth-order valence-corrected chi connectivity index (χ4v) is 4.98. The Morgan fingerprint density at radius 2 is 1.32 bits per heavy atom. The highest BCUT2D eigenvalue weighted by Gasteiger charge is 2.48. The third kappa shape index (κ3) is 6.03. The predicted molar refractivity (Wildman–Crippen MR) is 75.9 cm³/mol. The van der Waals surface area contributed by atoms with Gasteiger partial charge in [-0.05, 0) is 41.5 Å². The van der Waals surface area contributed by atoms with Crippen LogP contribution in [0.3, 0.4) is 0 Å². The van der Waals surface area contributed by atoms with Crippen molar-refractivity contribution in [1.82, 2.24) is 0 Å². The molecule has 0 saturated carbocycles. The van der Waals surface area contributed by atoms with Crippen LogP contribution in [0.25, 0.3) is 0 Å². The lowest BCUT2D eigenvalue weighted by atomic mass is 9.97. The Bertz CT molecular complexity index is 251. The lowest BCUT2D eigenvalue weighted by Gasteiger charge is -2.34. The summed E-state index contributed by atoms with van der Waals surface area (Å²) in [7, 11) is -2.82. The van der Waals surface area contributed by atoms with Gasteiger partial charge in [0.1, 0.15) is 0 Å². The van der Waals surface area contributed by atoms with E-state index in [0.29, 0.717) is 32.5 Å². The normalized spacial score (nSPS) is 12.5. The molecule has 0 bridgehead atoms. The largest absolute Gasteiger partial charge is 0.502 e. The summed E-state index contributed by atoms with van der Waals surface area (Å²) in [6.07, 6.45) is 0. The van der Waals surface area contributed by atoms with Crippen molar-refractivity contribution in [2.75, 3.05) is 26.4 Å². The molecular weight excluding hydrogens is 264 g/mol. The van der Waals surface area contributed by atoms with E-state index >= 15 is 0 Å². The lowest BCUT2D eigenvalue weighted by Crippen LogP contribution is -2.50. The van der Waals surface area contributed by atoms with E-state index in [1.807, 2.05) is 34.6 Å². The highest BCUT2D eigenvalue weighted by molar-refractivity contribution is 6.61. The maximum atomic E-state index is 12.0. The van der Waals surface area contributed by atoms with Crippen molar-refractivity contribution >= 4 is 14.8 Å². The molecule has 0 rings (SSSR count). The number of carbonyl (C=O) groups is 1. The second kappa shape index (κ2) is 8.68. The van der Waals surface area contributed by atoms with Gasteiger partial charge in [-0.1, -0.05) is 0 Å². The van der Waals surface area contributed by atoms with Gasteiger partial charge in [0.2, 0.25) is 0 Å². The number of rotatable bonds is 10. The monoisotopic (exact) mass is 292 g/mol. The number of hydrogen-bond donors (Lipinski definition) is 0. The minimum atomic E-state index is -2.82. The van der Waals surface area contributed by atoms with Crippen LogP contribution in [0, 0.1) is 5.41 Å². The molecule has 0 fully saturated rings. The van der Waals surface area contributed by atoms with Crippen LogP contribution < -0.4 is 0 Å². The summed E-state index contributed by atoms with van der Waals surface area (Å²) in [5.41, 5.74) is -0.679. The molecule has 0 aromatic heterocycles. The molecule has 0 aliphatic heterocycles. The zero-order valence-electron chi connectivity index (χ0n) is 13.1. The van der Waals surface area contributed by atoms with Crippen LogP contribution in [0.2, 0.25) is 6.04 Å². The minimum Gasteiger partial charge on any atom is -0.466 e. The third-order valence-corrected chi connectivity index (χ3v) is 6.08. The number of esters is 1. The lowest BCUT2D eigenvalue weighted by molar-refractivity contribution is -0.153. The predicted octanol–water partition coefficient (Wildman–Crippen LogP) is 2.62. The second-order valence-electron chi connectivity index (χ2n) is 4.76. The number of ether oxygens (including phenoxy) is 1. The molecule has 0 aromatic carbocycles. The SMILES string of the molecule is CCOC(=O)C(C)(C)C[Si](OCC)(OCC)OCC. The topological polar surface area (TPSA) is 54.0 Å². The van der Waals surface area contributed by atoms with Gasteiger partial charge in [0.05, 0.1) is 12.0 Å². The molecular formula is C13H28O5Si. The summed E-state index contributed by atoms with van der Waals surface area (Å²) >= 11 is 0. The molecule has 5 nitrogen and oxygen atoms in total. The van der Waals surface area contributed by atoms with Crippen molar-refractivity contribution in [3.8, 4) is 0 Å². The molecule has 6 heteroatoms. The van der Waals surface area contributed by atoms with Crippen LogP contribution in [-0.2, 0) is 22.8 Å². The van der Waals surface area contributed by atoms with Crippen LogP contribution in [0.15, 0.2) is 0 Å². The Labute approximate surface area is 117 Å². The van der Waals surface area contributed by atoms with Crippen LogP contribution in [0.1, 0.15) is 41.5 Å². The first-order valence-corrected chi connectivity index (χ1v) is 8.89. The van der Waals surface area contributed by atoms with Gasteiger partial charge in [0.25, 0.3) is 0 Å². The summed E-state index contributed by atoms with van der Waals surface area (Å²) in [5.74, 6) is -0.244. The Morgan fingerprint density at radius 3 is 1.63 bits per heavy atom. The van der Waals surface area contributed by atoms with Crippen LogP contribution >= 0.6 is 0 Å². The van der Waals surface area contributed by atoms with E-state index in [9.17, 15) is 4.79 Å². The van der Waals surface area contributed by atoms with Gasteiger partial charge in [-0.2, -0.15) is 0 Å². The van der Waals surface area contributed by atoms with Gasteiger partial charge in [-0.15, -0.1) is 0 Å². The highest BCUT2D eigenvalue weighted by atomic mass is 28.4. The van der Waals surface area contributed by atoms with Crippen molar-refractivity contribution in [3.05, 3.63) is 0 Å². The Kier molecular flexibility index (Phi) is 8.48. The molecule has 0 saturated heterocycles. The molecule has 114 valence electrons. The zero-order chi connectivity index (χ0) is 14.9. The maximum absolute atomic E-state index is 12.0. The molecule has 0 unspecified atom stereocenters. The first kappa shape index (κ1) is 18.6. The Balaban J connectivity index is 4.99. The van der Waals surface area contributed by atoms with Crippen LogP contribution in [-0.4, -0.2) is 41.2 Å². The van der Waals surface area contributed by atoms with Gasteiger partial charge in [0, 0.05) is 25.9 Å². The van der Waals surface area contributed by atoms with Crippen molar-refractivity contribution in [2.24, 2.45) is 5.41 Å². The summed E-state index contributed by atoms with van der Waals surface area (Å²) in [5, 5.41) is 0. The number of hydrogen-bond acceptors (Lipinski definition) is 5. The van der Waals surface area contributed by atoms with E-state index in [1.54, 1.807) is 6.92 Å². The fraction of sp³-hybridized carbons (Fsp3) is 0.923. The molecule has 0 atom stereocenters. The molecule has 0 heterocycles. The van der Waals surface area contributed by atoms with E-state index in [1.165, 1.54) is 0 Å². The molecule has 0 spiro atoms. The summed E-state index contributed by atoms with van der Waals surface area (Å²) in [6.45, 7) is 13.1. The Hall–Kier alpha value is -0.433. The van der Waals surface area contributed by atoms with Gasteiger partial charge >= 0.3 is 14.8 Å². The average molecular weight is 292 g/mol. The van der Waals surface area contributed by atoms with E-state index < -0.39 is 14.2 Å². The molecule has 0 aliphatic carbocycles. The number of carbonyl (C=O) groups excluding carboxylic acids is 1. The third-order valence-electron chi connectivity index (χ3n) is 2.58. The fourth-order valence-electron chi connectivity index (χ4n) is 1.88. The molecule has 0 amide bonds. The first-order chi connectivity index (χ1) is 8.87. The minimum absolute atomic E-state index is 0.244. The molecule has 0 aliphatic rings. The van der Waals surface area contributed by atoms with Gasteiger partial charge in [-0.3, -0.25) is 4.79 Å². The van der Waals surface area contributed by atoms with Crippen molar-refractivity contribution in [3.63, 3.8) is 0 Å². The van der Waals surface area contributed by atoms with E-state index in [4.69, 9.17) is 18.0 Å². The smallest absolute Gasteiger partial charge is 0.466 e. The van der Waals surface area contributed by atoms with E-state index in [2.05, 4.69) is 0 Å². The summed E-state index contributed by atoms with van der Waals surface area (Å²) in [4.78, 5) is 12.0. The van der Waals surface area contributed by atoms with Gasteiger partial charge in [-0.25, -0.2) is 0 Å². The average Bonchev–Trinajstić information content (AvgIpc) is 2.29. The van der Waals surface area contributed by atoms with Crippen molar-refractivity contribution in [2.45, 2.75) is 47.6 Å². The van der Waals surface area contributed by atoms with Crippen LogP contribution in [0.4, 0.5) is 0 Å². The van der Waals surface area contributed by atoms with Crippen molar-refractivity contribution < 1.29 is 22.8 Å². The van der Waals surface area contributed by atoms with Gasteiger partial charge < -0.3 is 18.0 Å². The van der Waals surface area contributed by atoms with Gasteiger partial charge in [0.15, 0.2) is 0 Å². The summed E-state index contributed by atoms with van der Waals surface area (Å²) in [6, 6.07) is 0.425. The molecule has 0 aromatic rings. The van der Waals surface area contributed by atoms with E-state index in [-0.39, 0.29) is 5.97 Å². The second-order valence-corrected chi connectivity index (χ2v) is 7.35. The summed E-state index contributed by atoms with van der Waals surface area (Å²) < 4.78 is 22.4. The zero-order valence-corrected chi connectivity index (χ0v) is 14.1. The molecule has 0 radical (unpaired) electrons. The highest BCUT2D eigenvalue weighted by Crippen LogP contribution is 2.32. The molecule has 19 heavy (non-hydrogen) atoms. The van der Waals surface area contributed by atoms with Crippen LogP contribution in [0.5, 0.6) is 0 Å².